The Morgan fingerprint density at radius 2 is 1.92 bits per heavy atom. The number of nitrogens with zero attached hydrogens (tertiary/aromatic N) is 2. The van der Waals surface area contributed by atoms with Gasteiger partial charge in [-0.2, -0.15) is 0 Å². The molecule has 25 heavy (non-hydrogen) atoms. The third kappa shape index (κ3) is 4.29. The zero-order valence-electron chi connectivity index (χ0n) is 14.8. The number of nitrogens with one attached hydrogen (secondary N) is 2. The number of ether oxygens (including phenoxy) is 1. The molecule has 2 N–H and O–H groups in total. The first-order valence-electron chi connectivity index (χ1n) is 9.53. The van der Waals surface area contributed by atoms with E-state index in [9.17, 15) is 0 Å². The molecule has 2 fully saturated rings. The average molecular weight is 340 g/mol. The van der Waals surface area contributed by atoms with E-state index in [1.54, 1.807) is 0 Å². The quantitative estimate of drug-likeness (QED) is 0.791. The Morgan fingerprint density at radius 3 is 2.76 bits per heavy atom. The summed E-state index contributed by atoms with van der Waals surface area (Å²) in [4.78, 5) is 7.27. The minimum atomic E-state index is 0.643. The molecule has 4 rings (SSSR count). The van der Waals surface area contributed by atoms with Crippen LogP contribution in [0.2, 0.25) is 0 Å². The van der Waals surface area contributed by atoms with Gasteiger partial charge in [-0.05, 0) is 37.5 Å². The SMILES string of the molecule is c1ccc2nc(NCCNC3CCN(C4CCOC4)CC3)ccc2c1. The molecule has 134 valence electrons. The van der Waals surface area contributed by atoms with Crippen molar-refractivity contribution in [2.75, 3.05) is 44.7 Å². The van der Waals surface area contributed by atoms with Crippen molar-refractivity contribution < 1.29 is 4.74 Å². The molecule has 5 heteroatoms. The molecule has 5 nitrogen and oxygen atoms in total. The lowest BCUT2D eigenvalue weighted by Crippen LogP contribution is -2.47. The fraction of sp³-hybridized carbons (Fsp3) is 0.550. The minimum absolute atomic E-state index is 0.643. The maximum absolute atomic E-state index is 5.51. The fourth-order valence-electron chi connectivity index (χ4n) is 3.91. The van der Waals surface area contributed by atoms with Gasteiger partial charge in [-0.15, -0.1) is 0 Å². The lowest BCUT2D eigenvalue weighted by molar-refractivity contribution is 0.117. The summed E-state index contributed by atoms with van der Waals surface area (Å²) in [7, 11) is 0. The number of likely N-dealkylation sites (tertiary alicyclic amines) is 1. The van der Waals surface area contributed by atoms with Gasteiger partial charge in [-0.1, -0.05) is 18.2 Å². The smallest absolute Gasteiger partial charge is 0.126 e. The van der Waals surface area contributed by atoms with E-state index in [0.29, 0.717) is 12.1 Å². The highest BCUT2D eigenvalue weighted by Gasteiger charge is 2.27. The fourth-order valence-corrected chi connectivity index (χ4v) is 3.91. The van der Waals surface area contributed by atoms with Gasteiger partial charge in [0.2, 0.25) is 0 Å². The van der Waals surface area contributed by atoms with Crippen LogP contribution in [-0.4, -0.2) is 61.4 Å². The first-order chi connectivity index (χ1) is 12.4. The molecule has 1 aromatic carbocycles. The summed E-state index contributed by atoms with van der Waals surface area (Å²) < 4.78 is 5.51. The summed E-state index contributed by atoms with van der Waals surface area (Å²) in [5.41, 5.74) is 1.05. The monoisotopic (exact) mass is 340 g/mol. The molecule has 0 amide bonds. The second kappa shape index (κ2) is 8.13. The molecular formula is C20H28N4O. The summed E-state index contributed by atoms with van der Waals surface area (Å²) >= 11 is 0. The van der Waals surface area contributed by atoms with Gasteiger partial charge < -0.3 is 15.4 Å². The Kier molecular flexibility index (Phi) is 5.45. The van der Waals surface area contributed by atoms with Gasteiger partial charge in [-0.25, -0.2) is 4.98 Å². The lowest BCUT2D eigenvalue weighted by atomic mass is 10.0. The van der Waals surface area contributed by atoms with Crippen LogP contribution in [0.4, 0.5) is 5.82 Å². The Balaban J connectivity index is 1.17. The van der Waals surface area contributed by atoms with Crippen LogP contribution in [-0.2, 0) is 4.74 Å². The Morgan fingerprint density at radius 1 is 1.04 bits per heavy atom. The van der Waals surface area contributed by atoms with Crippen molar-refractivity contribution in [3.8, 4) is 0 Å². The van der Waals surface area contributed by atoms with Crippen molar-refractivity contribution in [1.82, 2.24) is 15.2 Å². The van der Waals surface area contributed by atoms with E-state index >= 15 is 0 Å². The first-order valence-corrected chi connectivity index (χ1v) is 9.53. The number of rotatable bonds is 6. The van der Waals surface area contributed by atoms with Crippen molar-refractivity contribution in [3.63, 3.8) is 0 Å². The van der Waals surface area contributed by atoms with Crippen LogP contribution in [0, 0.1) is 0 Å². The second-order valence-corrected chi connectivity index (χ2v) is 7.10. The lowest BCUT2D eigenvalue weighted by Gasteiger charge is -2.35. The molecular weight excluding hydrogens is 312 g/mol. The molecule has 2 saturated heterocycles. The van der Waals surface area contributed by atoms with Crippen molar-refractivity contribution in [2.24, 2.45) is 0 Å². The van der Waals surface area contributed by atoms with E-state index in [4.69, 9.17) is 4.74 Å². The highest BCUT2D eigenvalue weighted by atomic mass is 16.5. The van der Waals surface area contributed by atoms with Crippen LogP contribution in [0.3, 0.4) is 0 Å². The Hall–Kier alpha value is -1.69. The zero-order chi connectivity index (χ0) is 16.9. The van der Waals surface area contributed by atoms with Gasteiger partial charge in [0, 0.05) is 50.3 Å². The van der Waals surface area contributed by atoms with Crippen LogP contribution in [0.25, 0.3) is 10.9 Å². The first kappa shape index (κ1) is 16.8. The molecule has 0 bridgehead atoms. The number of para-hydroxylation sites is 1. The van der Waals surface area contributed by atoms with E-state index in [2.05, 4.69) is 44.8 Å². The zero-order valence-corrected chi connectivity index (χ0v) is 14.8. The molecule has 3 heterocycles. The highest BCUT2D eigenvalue weighted by molar-refractivity contribution is 5.79. The van der Waals surface area contributed by atoms with Crippen molar-refractivity contribution in [3.05, 3.63) is 36.4 Å². The van der Waals surface area contributed by atoms with Crippen molar-refractivity contribution >= 4 is 16.7 Å². The summed E-state index contributed by atoms with van der Waals surface area (Å²) in [5.74, 6) is 0.955. The Bertz CT molecular complexity index is 678. The molecule has 0 saturated carbocycles. The third-order valence-electron chi connectivity index (χ3n) is 5.41. The molecule has 2 aliphatic heterocycles. The van der Waals surface area contributed by atoms with Crippen LogP contribution in [0.1, 0.15) is 19.3 Å². The summed E-state index contributed by atoms with van der Waals surface area (Å²) in [5, 5.41) is 8.31. The number of fused-ring (bicyclic) bond motifs is 1. The standard InChI is InChI=1S/C20H28N4O/c1-2-4-19-16(3-1)5-6-20(23-19)22-11-10-21-17-7-12-24(13-8-17)18-9-14-25-15-18/h1-6,17-18,21H,7-15H2,(H,22,23). The van der Waals surface area contributed by atoms with Gasteiger partial charge in [-0.3, -0.25) is 4.90 Å². The number of benzene rings is 1. The highest BCUT2D eigenvalue weighted by Crippen LogP contribution is 2.18. The molecule has 1 atom stereocenters. The predicted molar refractivity (Wildman–Crippen MR) is 102 cm³/mol. The molecule has 2 aliphatic rings. The molecule has 0 radical (unpaired) electrons. The number of aromatic nitrogens is 1. The normalized spacial score (nSPS) is 22.5. The summed E-state index contributed by atoms with van der Waals surface area (Å²) in [6, 6.07) is 13.7. The minimum Gasteiger partial charge on any atom is -0.380 e. The van der Waals surface area contributed by atoms with Crippen molar-refractivity contribution in [1.29, 1.82) is 0 Å². The predicted octanol–water partition coefficient (Wildman–Crippen LogP) is 2.49. The molecule has 1 unspecified atom stereocenters. The average Bonchev–Trinajstić information content (AvgIpc) is 3.20. The number of piperidine rings is 1. The van der Waals surface area contributed by atoms with E-state index in [-0.39, 0.29) is 0 Å². The van der Waals surface area contributed by atoms with Gasteiger partial charge in [0.15, 0.2) is 0 Å². The number of pyridine rings is 1. The van der Waals surface area contributed by atoms with Crippen LogP contribution >= 0.6 is 0 Å². The Labute approximate surface area is 149 Å². The number of anilines is 1. The maximum atomic E-state index is 5.51. The van der Waals surface area contributed by atoms with Crippen LogP contribution < -0.4 is 10.6 Å². The topological polar surface area (TPSA) is 49.4 Å². The van der Waals surface area contributed by atoms with E-state index in [0.717, 1.165) is 37.6 Å². The largest absolute Gasteiger partial charge is 0.380 e. The number of hydrogen-bond acceptors (Lipinski definition) is 5. The van der Waals surface area contributed by atoms with Crippen molar-refractivity contribution in [2.45, 2.75) is 31.3 Å². The summed E-state index contributed by atoms with van der Waals surface area (Å²) in [6.07, 6.45) is 3.69. The molecule has 1 aromatic heterocycles. The van der Waals surface area contributed by atoms with Gasteiger partial charge in [0.05, 0.1) is 12.1 Å². The maximum Gasteiger partial charge on any atom is 0.126 e. The molecule has 0 aliphatic carbocycles. The molecule has 0 spiro atoms. The van der Waals surface area contributed by atoms with Crippen LogP contribution in [0.15, 0.2) is 36.4 Å². The van der Waals surface area contributed by atoms with Gasteiger partial charge in [0.25, 0.3) is 0 Å². The second-order valence-electron chi connectivity index (χ2n) is 7.10. The molecule has 2 aromatic rings. The third-order valence-corrected chi connectivity index (χ3v) is 5.41. The van der Waals surface area contributed by atoms with E-state index < -0.39 is 0 Å². The summed E-state index contributed by atoms with van der Waals surface area (Å²) in [6.45, 7) is 6.16. The number of hydrogen-bond donors (Lipinski definition) is 2. The van der Waals surface area contributed by atoms with Gasteiger partial charge >= 0.3 is 0 Å². The van der Waals surface area contributed by atoms with E-state index in [1.165, 1.54) is 37.7 Å². The van der Waals surface area contributed by atoms with Gasteiger partial charge in [0.1, 0.15) is 5.82 Å². The van der Waals surface area contributed by atoms with Crippen LogP contribution in [0.5, 0.6) is 0 Å². The van der Waals surface area contributed by atoms with E-state index in [1.807, 2.05) is 12.1 Å².